The Morgan fingerprint density at radius 1 is 1.32 bits per heavy atom. The number of hydrogen-bond acceptors (Lipinski definition) is 6. The van der Waals surface area contributed by atoms with Gasteiger partial charge in [0.1, 0.15) is 6.23 Å². The van der Waals surface area contributed by atoms with Crippen molar-refractivity contribution in [1.82, 2.24) is 9.88 Å². The minimum absolute atomic E-state index is 0.190. The van der Waals surface area contributed by atoms with E-state index in [9.17, 15) is 4.79 Å². The largest absolute Gasteiger partial charge is 0.424 e. The van der Waals surface area contributed by atoms with Gasteiger partial charge in [-0.15, -0.1) is 0 Å². The van der Waals surface area contributed by atoms with E-state index in [1.54, 1.807) is 12.4 Å². The van der Waals surface area contributed by atoms with Crippen LogP contribution in [0.5, 0.6) is 5.75 Å². The van der Waals surface area contributed by atoms with E-state index in [1.165, 1.54) is 0 Å². The number of morpholine rings is 1. The summed E-state index contributed by atoms with van der Waals surface area (Å²) in [6, 6.07) is 0. The zero-order valence-electron chi connectivity index (χ0n) is 13.3. The third-order valence-corrected chi connectivity index (χ3v) is 3.87. The summed E-state index contributed by atoms with van der Waals surface area (Å²) < 4.78 is 16.9. The van der Waals surface area contributed by atoms with Gasteiger partial charge >= 0.3 is 5.97 Å². The highest BCUT2D eigenvalue weighted by atomic mass is 16.5. The number of esters is 1. The molecule has 22 heavy (non-hydrogen) atoms. The van der Waals surface area contributed by atoms with Gasteiger partial charge in [0.15, 0.2) is 5.75 Å². The molecule has 2 aliphatic rings. The van der Waals surface area contributed by atoms with Crippen molar-refractivity contribution in [2.75, 3.05) is 26.3 Å². The Hall–Kier alpha value is -1.50. The predicted molar refractivity (Wildman–Crippen MR) is 79.2 cm³/mol. The summed E-state index contributed by atoms with van der Waals surface area (Å²) in [5.41, 5.74) is 1.35. The van der Waals surface area contributed by atoms with Crippen LogP contribution in [-0.4, -0.2) is 42.2 Å². The normalized spacial score (nSPS) is 22.4. The second-order valence-electron chi connectivity index (χ2n) is 6.66. The Balaban J connectivity index is 1.87. The average Bonchev–Trinajstić information content (AvgIpc) is 2.92. The van der Waals surface area contributed by atoms with Crippen molar-refractivity contribution in [3.8, 4) is 5.75 Å². The third-order valence-electron chi connectivity index (χ3n) is 3.87. The van der Waals surface area contributed by atoms with E-state index >= 15 is 0 Å². The van der Waals surface area contributed by atoms with Crippen LogP contribution in [0.3, 0.4) is 0 Å². The maximum Gasteiger partial charge on any atom is 0.316 e. The van der Waals surface area contributed by atoms with Crippen molar-refractivity contribution >= 4 is 5.97 Å². The lowest BCUT2D eigenvalue weighted by atomic mass is 9.97. The topological polar surface area (TPSA) is 60.9 Å². The number of carbonyl (C=O) groups excluding carboxylic acids is 1. The van der Waals surface area contributed by atoms with E-state index in [0.717, 1.165) is 24.2 Å². The Morgan fingerprint density at radius 2 is 2.05 bits per heavy atom. The van der Waals surface area contributed by atoms with Gasteiger partial charge in [-0.05, 0) is 20.8 Å². The molecule has 1 unspecified atom stereocenters. The molecule has 1 fully saturated rings. The van der Waals surface area contributed by atoms with Gasteiger partial charge in [0.2, 0.25) is 0 Å². The zero-order chi connectivity index (χ0) is 15.7. The molecule has 1 aromatic heterocycles. The van der Waals surface area contributed by atoms with E-state index in [0.29, 0.717) is 25.6 Å². The first-order valence-corrected chi connectivity index (χ1v) is 7.59. The Kier molecular flexibility index (Phi) is 4.16. The highest BCUT2D eigenvalue weighted by Crippen LogP contribution is 2.39. The van der Waals surface area contributed by atoms with Gasteiger partial charge in [-0.1, -0.05) is 0 Å². The fourth-order valence-corrected chi connectivity index (χ4v) is 2.57. The van der Waals surface area contributed by atoms with Crippen molar-refractivity contribution in [3.05, 3.63) is 23.5 Å². The molecule has 3 heterocycles. The number of nitrogens with zero attached hydrogens (tertiary/aromatic N) is 2. The molecule has 120 valence electrons. The van der Waals surface area contributed by atoms with Crippen molar-refractivity contribution < 1.29 is 19.0 Å². The lowest BCUT2D eigenvalue weighted by Gasteiger charge is -2.32. The Bertz CT molecular complexity index is 562. The first-order valence-electron chi connectivity index (χ1n) is 7.59. The number of aromatic nitrogens is 1. The zero-order valence-corrected chi connectivity index (χ0v) is 13.3. The van der Waals surface area contributed by atoms with E-state index in [-0.39, 0.29) is 12.2 Å². The molecule has 1 aromatic rings. The molecular weight excluding hydrogens is 284 g/mol. The van der Waals surface area contributed by atoms with Crippen LogP contribution in [0.15, 0.2) is 12.4 Å². The number of rotatable bonds is 2. The predicted octanol–water partition coefficient (Wildman–Crippen LogP) is 1.89. The van der Waals surface area contributed by atoms with E-state index in [1.807, 2.05) is 20.8 Å². The molecule has 3 rings (SSSR count). The molecule has 0 bridgehead atoms. The van der Waals surface area contributed by atoms with Gasteiger partial charge in [-0.3, -0.25) is 14.7 Å². The van der Waals surface area contributed by atoms with Crippen LogP contribution in [0.1, 0.15) is 38.1 Å². The van der Waals surface area contributed by atoms with Gasteiger partial charge in [-0.2, -0.15) is 0 Å². The molecule has 0 amide bonds. The van der Waals surface area contributed by atoms with E-state index < -0.39 is 5.41 Å². The molecule has 0 aliphatic carbocycles. The van der Waals surface area contributed by atoms with Crippen LogP contribution in [0.2, 0.25) is 0 Å². The number of pyridine rings is 1. The molecule has 1 atom stereocenters. The molecule has 0 radical (unpaired) electrons. The maximum absolute atomic E-state index is 12.2. The second kappa shape index (κ2) is 5.95. The Morgan fingerprint density at radius 3 is 2.73 bits per heavy atom. The second-order valence-corrected chi connectivity index (χ2v) is 6.66. The lowest BCUT2D eigenvalue weighted by Crippen LogP contribution is -2.39. The van der Waals surface area contributed by atoms with Crippen molar-refractivity contribution in [2.24, 2.45) is 5.41 Å². The van der Waals surface area contributed by atoms with Crippen LogP contribution >= 0.6 is 0 Å². The molecule has 2 aliphatic heterocycles. The number of hydrogen-bond donors (Lipinski definition) is 0. The monoisotopic (exact) mass is 306 g/mol. The van der Waals surface area contributed by atoms with Crippen LogP contribution < -0.4 is 4.74 Å². The number of fused-ring (bicyclic) bond motifs is 1. The summed E-state index contributed by atoms with van der Waals surface area (Å²) in [6.07, 6.45) is 3.19. The van der Waals surface area contributed by atoms with Crippen molar-refractivity contribution in [2.45, 2.75) is 33.6 Å². The SMILES string of the molecule is CC(C)(C)C(=O)Oc1cncc2c1C(N1CCOCC1)OC2. The van der Waals surface area contributed by atoms with Crippen molar-refractivity contribution in [1.29, 1.82) is 0 Å². The number of ether oxygens (including phenoxy) is 3. The standard InChI is InChI=1S/C16H22N2O4/c1-16(2,3)15(19)22-12-9-17-8-11-10-21-14(13(11)12)18-4-6-20-7-5-18/h8-9,14H,4-7,10H2,1-3H3. The molecule has 0 N–H and O–H groups in total. The minimum atomic E-state index is -0.559. The molecule has 6 heteroatoms. The quantitative estimate of drug-likeness (QED) is 0.778. The van der Waals surface area contributed by atoms with Crippen LogP contribution in [0.4, 0.5) is 0 Å². The van der Waals surface area contributed by atoms with Crippen molar-refractivity contribution in [3.63, 3.8) is 0 Å². The van der Waals surface area contributed by atoms with E-state index in [4.69, 9.17) is 14.2 Å². The number of carbonyl (C=O) groups is 1. The van der Waals surface area contributed by atoms with Crippen LogP contribution in [0.25, 0.3) is 0 Å². The summed E-state index contributed by atoms with van der Waals surface area (Å²) in [6.45, 7) is 8.99. The average molecular weight is 306 g/mol. The summed E-state index contributed by atoms with van der Waals surface area (Å²) >= 11 is 0. The van der Waals surface area contributed by atoms with Gasteiger partial charge in [0, 0.05) is 30.4 Å². The maximum atomic E-state index is 12.2. The van der Waals surface area contributed by atoms with Gasteiger partial charge in [0.05, 0.1) is 31.4 Å². The minimum Gasteiger partial charge on any atom is -0.424 e. The molecule has 1 saturated heterocycles. The summed E-state index contributed by atoms with van der Waals surface area (Å²) in [5, 5.41) is 0. The third kappa shape index (κ3) is 2.99. The molecular formula is C16H22N2O4. The summed E-state index contributed by atoms with van der Waals surface area (Å²) in [7, 11) is 0. The first-order chi connectivity index (χ1) is 10.5. The van der Waals surface area contributed by atoms with Crippen LogP contribution in [0, 0.1) is 5.41 Å². The molecule has 0 saturated carbocycles. The molecule has 0 aromatic carbocycles. The lowest BCUT2D eigenvalue weighted by molar-refractivity contribution is -0.143. The van der Waals surface area contributed by atoms with E-state index in [2.05, 4.69) is 9.88 Å². The fourth-order valence-electron chi connectivity index (χ4n) is 2.57. The smallest absolute Gasteiger partial charge is 0.316 e. The summed E-state index contributed by atoms with van der Waals surface area (Å²) in [4.78, 5) is 18.6. The van der Waals surface area contributed by atoms with Gasteiger partial charge in [0.25, 0.3) is 0 Å². The highest BCUT2D eigenvalue weighted by Gasteiger charge is 2.35. The summed E-state index contributed by atoms with van der Waals surface area (Å²) in [5.74, 6) is 0.238. The highest BCUT2D eigenvalue weighted by molar-refractivity contribution is 5.78. The fraction of sp³-hybridized carbons (Fsp3) is 0.625. The van der Waals surface area contributed by atoms with Gasteiger partial charge in [-0.25, -0.2) is 0 Å². The first kappa shape index (κ1) is 15.4. The Labute approximate surface area is 130 Å². The molecule has 0 spiro atoms. The van der Waals surface area contributed by atoms with Gasteiger partial charge < -0.3 is 14.2 Å². The van der Waals surface area contributed by atoms with Crippen LogP contribution in [-0.2, 0) is 20.9 Å². The molecule has 6 nitrogen and oxygen atoms in total.